The molecule has 0 fully saturated rings. The van der Waals surface area contributed by atoms with E-state index in [1.165, 1.54) is 13.8 Å². The van der Waals surface area contributed by atoms with E-state index in [2.05, 4.69) is 5.09 Å². The van der Waals surface area contributed by atoms with E-state index in [9.17, 15) is 14.5 Å². The molecule has 0 amide bonds. The van der Waals surface area contributed by atoms with E-state index in [0.717, 1.165) is 0 Å². The van der Waals surface area contributed by atoms with E-state index in [0.29, 0.717) is 5.75 Å². The fourth-order valence-corrected chi connectivity index (χ4v) is 3.41. The zero-order chi connectivity index (χ0) is 18.6. The van der Waals surface area contributed by atoms with Gasteiger partial charge in [0.25, 0.3) is 0 Å². The zero-order valence-electron chi connectivity index (χ0n) is 15.2. The van der Waals surface area contributed by atoms with Crippen LogP contribution in [0.3, 0.4) is 0 Å². The number of ether oxygens (including phenoxy) is 1. The predicted octanol–water partition coefficient (Wildman–Crippen LogP) is 3.35. The monoisotopic (exact) mass is 357 g/mol. The quantitative estimate of drug-likeness (QED) is 0.575. The Bertz CT molecular complexity index is 589. The first kappa shape index (κ1) is 20.7. The van der Waals surface area contributed by atoms with Crippen molar-refractivity contribution in [3.05, 3.63) is 30.3 Å². The highest BCUT2D eigenvalue weighted by Crippen LogP contribution is 2.55. The van der Waals surface area contributed by atoms with Crippen molar-refractivity contribution in [2.75, 3.05) is 6.61 Å². The highest BCUT2D eigenvalue weighted by atomic mass is 31.2. The second kappa shape index (κ2) is 7.68. The summed E-state index contributed by atoms with van der Waals surface area (Å²) in [6.07, 6.45) is 0. The average molecular weight is 357 g/mol. The van der Waals surface area contributed by atoms with Crippen LogP contribution in [0.2, 0.25) is 0 Å². The van der Waals surface area contributed by atoms with Crippen LogP contribution in [0.5, 0.6) is 5.75 Å². The Morgan fingerprint density at radius 3 is 2.21 bits per heavy atom. The number of carbonyl (C=O) groups excluding carboxylic acids is 1. The highest BCUT2D eigenvalue weighted by molar-refractivity contribution is 7.59. The van der Waals surface area contributed by atoms with Gasteiger partial charge in [0.15, 0.2) is 0 Å². The van der Waals surface area contributed by atoms with Crippen molar-refractivity contribution in [1.82, 2.24) is 5.09 Å². The number of benzene rings is 1. The molecule has 1 aromatic rings. The van der Waals surface area contributed by atoms with Crippen LogP contribution in [0.1, 0.15) is 41.5 Å². The summed E-state index contributed by atoms with van der Waals surface area (Å²) >= 11 is 0. The number of hydrogen-bond donors (Lipinski definition) is 2. The van der Waals surface area contributed by atoms with Crippen molar-refractivity contribution in [1.29, 1.82) is 0 Å². The lowest BCUT2D eigenvalue weighted by molar-refractivity contribution is -0.151. The van der Waals surface area contributed by atoms with Gasteiger partial charge in [0, 0.05) is 0 Å². The maximum absolute atomic E-state index is 13.3. The molecule has 6 nitrogen and oxygen atoms in total. The van der Waals surface area contributed by atoms with Crippen LogP contribution < -0.4 is 9.61 Å². The summed E-state index contributed by atoms with van der Waals surface area (Å²) in [5.41, 5.74) is -1.12. The standard InChI is InChI=1S/C17H28NO5P/c1-13(15(19)22-12-17(5,6)20)18-24(21,16(2,3)4)23-14-10-8-7-9-11-14/h7-11,13,20H,12H2,1-6H3,(H,18,21)/t13-,24?/m0/s1. The molecular formula is C17H28NO5P. The Hall–Kier alpha value is -1.36. The molecule has 0 saturated heterocycles. The third-order valence-electron chi connectivity index (χ3n) is 3.15. The van der Waals surface area contributed by atoms with Crippen LogP contribution in [-0.4, -0.2) is 34.5 Å². The lowest BCUT2D eigenvalue weighted by Crippen LogP contribution is -2.41. The van der Waals surface area contributed by atoms with Gasteiger partial charge in [-0.2, -0.15) is 0 Å². The topological polar surface area (TPSA) is 84.9 Å². The van der Waals surface area contributed by atoms with Gasteiger partial charge in [0.2, 0.25) is 0 Å². The van der Waals surface area contributed by atoms with Gasteiger partial charge >= 0.3 is 13.5 Å². The summed E-state index contributed by atoms with van der Waals surface area (Å²) < 4.78 is 24.1. The Morgan fingerprint density at radius 2 is 1.75 bits per heavy atom. The fraction of sp³-hybridized carbons (Fsp3) is 0.588. The number of nitrogens with one attached hydrogen (secondary N) is 1. The molecule has 2 N–H and O–H groups in total. The molecule has 0 radical (unpaired) electrons. The van der Waals surface area contributed by atoms with Crippen molar-refractivity contribution in [2.45, 2.75) is 58.3 Å². The van der Waals surface area contributed by atoms with Gasteiger partial charge in [-0.05, 0) is 53.7 Å². The summed E-state index contributed by atoms with van der Waals surface area (Å²) in [6, 6.07) is 7.96. The zero-order valence-corrected chi connectivity index (χ0v) is 16.1. The van der Waals surface area contributed by atoms with Crippen molar-refractivity contribution in [3.63, 3.8) is 0 Å². The van der Waals surface area contributed by atoms with E-state index in [4.69, 9.17) is 9.26 Å². The van der Waals surface area contributed by atoms with Crippen LogP contribution in [0.4, 0.5) is 0 Å². The first-order valence-corrected chi connectivity index (χ1v) is 9.48. The number of para-hydroxylation sites is 1. The van der Waals surface area contributed by atoms with Gasteiger partial charge in [-0.1, -0.05) is 18.2 Å². The number of rotatable bonds is 7. The highest BCUT2D eigenvalue weighted by Gasteiger charge is 2.42. The molecule has 7 heteroatoms. The van der Waals surface area contributed by atoms with Gasteiger partial charge in [0.1, 0.15) is 18.4 Å². The van der Waals surface area contributed by atoms with Gasteiger partial charge in [-0.3, -0.25) is 9.36 Å². The summed E-state index contributed by atoms with van der Waals surface area (Å²) in [5, 5.41) is 11.7. The first-order chi connectivity index (χ1) is 10.8. The molecule has 136 valence electrons. The predicted molar refractivity (Wildman–Crippen MR) is 94.3 cm³/mol. The third-order valence-corrected chi connectivity index (χ3v) is 6.11. The molecule has 1 unspecified atom stereocenters. The van der Waals surface area contributed by atoms with Crippen LogP contribution in [0.15, 0.2) is 30.3 Å². The molecule has 1 rings (SSSR count). The molecule has 1 aromatic carbocycles. The number of hydrogen-bond acceptors (Lipinski definition) is 5. The number of carbonyl (C=O) groups is 1. The van der Waals surface area contributed by atoms with Crippen molar-refractivity contribution >= 4 is 13.5 Å². The fourth-order valence-electron chi connectivity index (χ4n) is 1.67. The van der Waals surface area contributed by atoms with Crippen molar-refractivity contribution in [2.24, 2.45) is 0 Å². The molecule has 0 aliphatic rings. The second-order valence-electron chi connectivity index (χ2n) is 7.40. The summed E-state index contributed by atoms with van der Waals surface area (Å²) in [7, 11) is -3.41. The van der Waals surface area contributed by atoms with Crippen molar-refractivity contribution in [3.8, 4) is 5.75 Å². The van der Waals surface area contributed by atoms with Gasteiger partial charge in [-0.25, -0.2) is 5.09 Å². The molecular weight excluding hydrogens is 329 g/mol. The maximum Gasteiger partial charge on any atom is 0.323 e. The molecule has 24 heavy (non-hydrogen) atoms. The Morgan fingerprint density at radius 1 is 1.21 bits per heavy atom. The SMILES string of the molecule is C[C@H](NP(=O)(Oc1ccccc1)C(C)(C)C)C(=O)OCC(C)(C)O. The summed E-state index contributed by atoms with van der Waals surface area (Å²) in [6.45, 7) is 9.82. The molecule has 0 saturated carbocycles. The number of esters is 1. The second-order valence-corrected chi connectivity index (χ2v) is 10.3. The van der Waals surface area contributed by atoms with E-state index in [1.54, 1.807) is 52.0 Å². The minimum Gasteiger partial charge on any atom is -0.461 e. The van der Waals surface area contributed by atoms with E-state index >= 15 is 0 Å². The van der Waals surface area contributed by atoms with E-state index < -0.39 is 30.3 Å². The largest absolute Gasteiger partial charge is 0.461 e. The van der Waals surface area contributed by atoms with E-state index in [1.807, 2.05) is 6.07 Å². The lowest BCUT2D eigenvalue weighted by atomic mass is 10.2. The minimum atomic E-state index is -3.41. The van der Waals surface area contributed by atoms with Crippen LogP contribution in [0.25, 0.3) is 0 Å². The third kappa shape index (κ3) is 6.27. The molecule has 0 aliphatic carbocycles. The Balaban J connectivity index is 2.86. The molecule has 0 heterocycles. The van der Waals surface area contributed by atoms with E-state index in [-0.39, 0.29) is 6.61 Å². The summed E-state index contributed by atoms with van der Waals surface area (Å²) in [4.78, 5) is 12.1. The number of aliphatic hydroxyl groups is 1. The first-order valence-electron chi connectivity index (χ1n) is 7.86. The molecule has 0 spiro atoms. The lowest BCUT2D eigenvalue weighted by Gasteiger charge is -2.33. The van der Waals surface area contributed by atoms with Crippen molar-refractivity contribution < 1.29 is 23.7 Å². The minimum absolute atomic E-state index is 0.142. The Kier molecular flexibility index (Phi) is 6.62. The van der Waals surface area contributed by atoms with Gasteiger partial charge < -0.3 is 14.4 Å². The van der Waals surface area contributed by atoms with Crippen LogP contribution in [0, 0.1) is 0 Å². The van der Waals surface area contributed by atoms with Gasteiger partial charge in [0.05, 0.1) is 10.8 Å². The normalized spacial score (nSPS) is 16.1. The maximum atomic E-state index is 13.3. The smallest absolute Gasteiger partial charge is 0.323 e. The van der Waals surface area contributed by atoms with Crippen LogP contribution >= 0.6 is 7.52 Å². The van der Waals surface area contributed by atoms with Crippen LogP contribution in [-0.2, 0) is 14.1 Å². The summed E-state index contributed by atoms with van der Waals surface area (Å²) in [5.74, 6) is -0.140. The Labute approximate surface area is 144 Å². The molecule has 0 aliphatic heterocycles. The molecule has 0 aromatic heterocycles. The molecule has 2 atom stereocenters. The average Bonchev–Trinajstić information content (AvgIpc) is 2.43. The van der Waals surface area contributed by atoms with Gasteiger partial charge in [-0.15, -0.1) is 0 Å². The molecule has 0 bridgehead atoms.